The highest BCUT2D eigenvalue weighted by Crippen LogP contribution is 2.32. The fraction of sp³-hybridized carbons (Fsp3) is 0.923. The first-order chi connectivity index (χ1) is 7.60. The van der Waals surface area contributed by atoms with Gasteiger partial charge in [-0.1, -0.05) is 19.3 Å². The van der Waals surface area contributed by atoms with Crippen molar-refractivity contribution in [2.45, 2.75) is 45.4 Å². The molecule has 2 aliphatic rings. The minimum absolute atomic E-state index is 0.491. The summed E-state index contributed by atoms with van der Waals surface area (Å²) in [6.07, 6.45) is 7.64. The van der Waals surface area contributed by atoms with Crippen LogP contribution in [0.5, 0.6) is 0 Å². The van der Waals surface area contributed by atoms with Gasteiger partial charge in [0.25, 0.3) is 0 Å². The number of likely N-dealkylation sites (tertiary alicyclic amines) is 1. The Bertz CT molecular complexity index is 261. The second kappa shape index (κ2) is 4.74. The van der Waals surface area contributed by atoms with Crippen LogP contribution in [0.25, 0.3) is 0 Å². The fourth-order valence-corrected chi connectivity index (χ4v) is 3.12. The number of rotatable bonds is 3. The molecule has 2 fully saturated rings. The average molecular weight is 225 g/mol. The lowest BCUT2D eigenvalue weighted by molar-refractivity contribution is -0.147. The molecule has 0 bridgehead atoms. The van der Waals surface area contributed by atoms with Gasteiger partial charge in [-0.3, -0.25) is 4.79 Å². The summed E-state index contributed by atoms with van der Waals surface area (Å²) >= 11 is 0. The average Bonchev–Trinajstić information content (AvgIpc) is 2.63. The van der Waals surface area contributed by atoms with E-state index in [0.29, 0.717) is 0 Å². The molecule has 1 atom stereocenters. The summed E-state index contributed by atoms with van der Waals surface area (Å²) in [4.78, 5) is 13.5. The number of carboxylic acid groups (broad SMARTS) is 1. The molecule has 0 aromatic heterocycles. The summed E-state index contributed by atoms with van der Waals surface area (Å²) in [5.41, 5.74) is -0.491. The van der Waals surface area contributed by atoms with Gasteiger partial charge < -0.3 is 10.0 Å². The molecule has 1 saturated heterocycles. The van der Waals surface area contributed by atoms with E-state index in [1.54, 1.807) is 0 Å². The third-order valence-electron chi connectivity index (χ3n) is 4.31. The predicted molar refractivity (Wildman–Crippen MR) is 63.4 cm³/mol. The van der Waals surface area contributed by atoms with E-state index in [1.165, 1.54) is 32.1 Å². The Morgan fingerprint density at radius 1 is 1.38 bits per heavy atom. The lowest BCUT2D eigenvalue weighted by Crippen LogP contribution is -2.34. The normalized spacial score (nSPS) is 33.1. The van der Waals surface area contributed by atoms with Gasteiger partial charge in [0.05, 0.1) is 5.41 Å². The Balaban J connectivity index is 1.82. The molecular weight excluding hydrogens is 202 g/mol. The van der Waals surface area contributed by atoms with Gasteiger partial charge in [0.1, 0.15) is 0 Å². The minimum Gasteiger partial charge on any atom is -0.481 e. The van der Waals surface area contributed by atoms with Crippen molar-refractivity contribution in [3.05, 3.63) is 0 Å². The molecule has 1 saturated carbocycles. The predicted octanol–water partition coefficient (Wildman–Crippen LogP) is 2.36. The Labute approximate surface area is 97.8 Å². The Morgan fingerprint density at radius 3 is 2.62 bits per heavy atom. The Morgan fingerprint density at radius 2 is 2.06 bits per heavy atom. The zero-order valence-corrected chi connectivity index (χ0v) is 10.2. The van der Waals surface area contributed by atoms with E-state index in [9.17, 15) is 4.79 Å². The largest absolute Gasteiger partial charge is 0.481 e. The molecule has 1 N–H and O–H groups in total. The van der Waals surface area contributed by atoms with Crippen LogP contribution in [0.15, 0.2) is 0 Å². The lowest BCUT2D eigenvalue weighted by atomic mass is 9.88. The SMILES string of the molecule is CC1(C(=O)O)CCN(CC2CCCCC2)C1. The third kappa shape index (κ3) is 2.57. The lowest BCUT2D eigenvalue weighted by Gasteiger charge is -2.27. The molecule has 0 spiro atoms. The van der Waals surface area contributed by atoms with Crippen LogP contribution in [-0.2, 0) is 4.79 Å². The van der Waals surface area contributed by atoms with Gasteiger partial charge >= 0.3 is 5.97 Å². The van der Waals surface area contributed by atoms with Crippen LogP contribution in [0.4, 0.5) is 0 Å². The monoisotopic (exact) mass is 225 g/mol. The van der Waals surface area contributed by atoms with Crippen LogP contribution < -0.4 is 0 Å². The third-order valence-corrected chi connectivity index (χ3v) is 4.31. The molecule has 92 valence electrons. The van der Waals surface area contributed by atoms with Gasteiger partial charge in [-0.25, -0.2) is 0 Å². The molecular formula is C13H23NO2. The minimum atomic E-state index is -0.626. The van der Waals surface area contributed by atoms with E-state index in [1.807, 2.05) is 6.92 Å². The van der Waals surface area contributed by atoms with Crippen molar-refractivity contribution in [3.63, 3.8) is 0 Å². The first kappa shape index (κ1) is 11.9. The molecule has 0 aromatic carbocycles. The number of hydrogen-bond acceptors (Lipinski definition) is 2. The van der Waals surface area contributed by atoms with Crippen molar-refractivity contribution in [1.82, 2.24) is 4.90 Å². The molecule has 1 unspecified atom stereocenters. The van der Waals surface area contributed by atoms with Gasteiger partial charge in [-0.2, -0.15) is 0 Å². The van der Waals surface area contributed by atoms with E-state index in [4.69, 9.17) is 5.11 Å². The highest BCUT2D eigenvalue weighted by molar-refractivity contribution is 5.74. The first-order valence-corrected chi connectivity index (χ1v) is 6.56. The van der Waals surface area contributed by atoms with Crippen molar-refractivity contribution in [3.8, 4) is 0 Å². The second-order valence-corrected chi connectivity index (χ2v) is 5.85. The highest BCUT2D eigenvalue weighted by Gasteiger charge is 2.40. The number of nitrogens with zero attached hydrogens (tertiary/aromatic N) is 1. The molecule has 16 heavy (non-hydrogen) atoms. The van der Waals surface area contributed by atoms with Crippen LogP contribution in [0.2, 0.25) is 0 Å². The maximum atomic E-state index is 11.1. The molecule has 0 radical (unpaired) electrons. The van der Waals surface area contributed by atoms with E-state index in [-0.39, 0.29) is 0 Å². The maximum absolute atomic E-state index is 11.1. The van der Waals surface area contributed by atoms with Crippen molar-refractivity contribution in [2.24, 2.45) is 11.3 Å². The van der Waals surface area contributed by atoms with Crippen molar-refractivity contribution in [2.75, 3.05) is 19.6 Å². The summed E-state index contributed by atoms with van der Waals surface area (Å²) in [7, 11) is 0. The molecule has 3 nitrogen and oxygen atoms in total. The zero-order valence-electron chi connectivity index (χ0n) is 10.2. The molecule has 0 amide bonds. The standard InChI is InChI=1S/C13H23NO2/c1-13(12(15)16)7-8-14(10-13)9-11-5-3-2-4-6-11/h11H,2-10H2,1H3,(H,15,16). The van der Waals surface area contributed by atoms with Crippen molar-refractivity contribution >= 4 is 5.97 Å². The molecule has 1 heterocycles. The maximum Gasteiger partial charge on any atom is 0.310 e. The fourth-order valence-electron chi connectivity index (χ4n) is 3.12. The molecule has 3 heteroatoms. The van der Waals surface area contributed by atoms with E-state index >= 15 is 0 Å². The number of hydrogen-bond donors (Lipinski definition) is 1. The Hall–Kier alpha value is -0.570. The van der Waals surface area contributed by atoms with E-state index in [0.717, 1.165) is 32.0 Å². The second-order valence-electron chi connectivity index (χ2n) is 5.85. The van der Waals surface area contributed by atoms with Crippen LogP contribution in [0.1, 0.15) is 45.4 Å². The molecule has 0 aromatic rings. The summed E-state index contributed by atoms with van der Waals surface area (Å²) in [6.45, 7) is 4.73. The number of carboxylic acids is 1. The van der Waals surface area contributed by atoms with Crippen LogP contribution in [-0.4, -0.2) is 35.6 Å². The summed E-state index contributed by atoms with van der Waals surface area (Å²) in [6, 6.07) is 0. The first-order valence-electron chi connectivity index (χ1n) is 6.56. The highest BCUT2D eigenvalue weighted by atomic mass is 16.4. The number of carbonyl (C=O) groups is 1. The van der Waals surface area contributed by atoms with Crippen LogP contribution in [0.3, 0.4) is 0 Å². The number of aliphatic carboxylic acids is 1. The van der Waals surface area contributed by atoms with Gasteiger partial charge in [0.2, 0.25) is 0 Å². The van der Waals surface area contributed by atoms with Crippen LogP contribution in [0, 0.1) is 11.3 Å². The van der Waals surface area contributed by atoms with Gasteiger partial charge in [-0.05, 0) is 38.6 Å². The summed E-state index contributed by atoms with van der Waals surface area (Å²) in [5.74, 6) is 0.198. The molecule has 1 aliphatic carbocycles. The van der Waals surface area contributed by atoms with Crippen LogP contribution >= 0.6 is 0 Å². The van der Waals surface area contributed by atoms with Gasteiger partial charge in [-0.15, -0.1) is 0 Å². The molecule has 2 rings (SSSR count). The molecule has 1 aliphatic heterocycles. The van der Waals surface area contributed by atoms with E-state index < -0.39 is 11.4 Å². The zero-order chi connectivity index (χ0) is 11.6. The van der Waals surface area contributed by atoms with Gasteiger partial charge in [0.15, 0.2) is 0 Å². The topological polar surface area (TPSA) is 40.5 Å². The quantitative estimate of drug-likeness (QED) is 0.801. The van der Waals surface area contributed by atoms with Crippen molar-refractivity contribution < 1.29 is 9.90 Å². The van der Waals surface area contributed by atoms with E-state index in [2.05, 4.69) is 4.90 Å². The summed E-state index contributed by atoms with van der Waals surface area (Å²) in [5, 5.41) is 9.17. The van der Waals surface area contributed by atoms with Crippen molar-refractivity contribution in [1.29, 1.82) is 0 Å². The Kier molecular flexibility index (Phi) is 3.53. The smallest absolute Gasteiger partial charge is 0.310 e. The summed E-state index contributed by atoms with van der Waals surface area (Å²) < 4.78 is 0. The van der Waals surface area contributed by atoms with Gasteiger partial charge in [0, 0.05) is 13.1 Å².